The number of carbonyl (C=O) groups excluding carboxylic acids is 1. The maximum atomic E-state index is 13.1. The van der Waals surface area contributed by atoms with E-state index in [1.165, 1.54) is 4.57 Å². The van der Waals surface area contributed by atoms with Gasteiger partial charge in [-0.25, -0.2) is 9.64 Å². The normalized spacial score (nSPS) is 16.4. The topological polar surface area (TPSA) is 99.7 Å². The molecule has 3 heterocycles. The first kappa shape index (κ1) is 19.7. The highest BCUT2D eigenvalue weighted by Crippen LogP contribution is 2.32. The van der Waals surface area contributed by atoms with Crippen molar-refractivity contribution in [3.05, 3.63) is 57.8 Å². The number of fused-ring (bicyclic) bond motifs is 1. The molecule has 154 valence electrons. The Bertz CT molecular complexity index is 1210. The maximum absolute atomic E-state index is 13.1. The van der Waals surface area contributed by atoms with Gasteiger partial charge in [0.05, 0.1) is 12.3 Å². The summed E-state index contributed by atoms with van der Waals surface area (Å²) in [5.74, 6) is 0.126. The SMILES string of the molecule is [C-]#[N+]c1ccccc1Cn1c(=O)n(C)c2nc(OC=O)cc(N3CCC[C@@H](N)C3)c21. The lowest BCUT2D eigenvalue weighted by Crippen LogP contribution is -2.43. The van der Waals surface area contributed by atoms with Crippen molar-refractivity contribution in [2.45, 2.75) is 25.4 Å². The minimum atomic E-state index is -0.261. The van der Waals surface area contributed by atoms with Gasteiger partial charge in [-0.15, -0.1) is 0 Å². The van der Waals surface area contributed by atoms with Gasteiger partial charge in [-0.1, -0.05) is 24.3 Å². The Morgan fingerprint density at radius 2 is 2.20 bits per heavy atom. The average molecular weight is 406 g/mol. The van der Waals surface area contributed by atoms with Crippen LogP contribution in [0.3, 0.4) is 0 Å². The molecule has 1 saturated heterocycles. The van der Waals surface area contributed by atoms with Crippen LogP contribution in [0, 0.1) is 6.57 Å². The summed E-state index contributed by atoms with van der Waals surface area (Å²) in [6, 6.07) is 8.91. The summed E-state index contributed by atoms with van der Waals surface area (Å²) in [4.78, 5) is 34.1. The second kappa shape index (κ2) is 8.00. The monoisotopic (exact) mass is 406 g/mol. The maximum Gasteiger partial charge on any atom is 0.330 e. The summed E-state index contributed by atoms with van der Waals surface area (Å²) in [7, 11) is 1.63. The molecule has 4 rings (SSSR count). The smallest absolute Gasteiger partial charge is 0.330 e. The number of hydrogen-bond acceptors (Lipinski definition) is 6. The van der Waals surface area contributed by atoms with E-state index in [1.54, 1.807) is 29.8 Å². The van der Waals surface area contributed by atoms with Crippen LogP contribution in [0.15, 0.2) is 35.1 Å². The van der Waals surface area contributed by atoms with E-state index in [-0.39, 0.29) is 24.2 Å². The molecular formula is C21H22N6O3. The second-order valence-corrected chi connectivity index (χ2v) is 7.38. The number of piperidine rings is 1. The molecule has 2 N–H and O–H groups in total. The summed E-state index contributed by atoms with van der Waals surface area (Å²) in [5.41, 5.74) is 8.95. The van der Waals surface area contributed by atoms with Crippen molar-refractivity contribution in [3.8, 4) is 5.88 Å². The van der Waals surface area contributed by atoms with Crippen molar-refractivity contribution in [1.82, 2.24) is 14.1 Å². The molecule has 0 bridgehead atoms. The van der Waals surface area contributed by atoms with Crippen molar-refractivity contribution < 1.29 is 9.53 Å². The third-order valence-electron chi connectivity index (χ3n) is 5.44. The number of pyridine rings is 1. The highest BCUT2D eigenvalue weighted by atomic mass is 16.5. The molecule has 9 nitrogen and oxygen atoms in total. The predicted octanol–water partition coefficient (Wildman–Crippen LogP) is 1.80. The van der Waals surface area contributed by atoms with Crippen LogP contribution in [-0.4, -0.2) is 39.7 Å². The van der Waals surface area contributed by atoms with Gasteiger partial charge in [0.2, 0.25) is 5.88 Å². The molecule has 0 radical (unpaired) electrons. The zero-order valence-electron chi connectivity index (χ0n) is 16.6. The van der Waals surface area contributed by atoms with Crippen LogP contribution < -0.4 is 21.1 Å². The number of nitrogens with two attached hydrogens (primary N) is 1. The molecule has 0 aliphatic carbocycles. The Hall–Kier alpha value is -3.64. The van der Waals surface area contributed by atoms with Gasteiger partial charge in [0.25, 0.3) is 6.47 Å². The van der Waals surface area contributed by atoms with Crippen molar-refractivity contribution >= 4 is 29.0 Å². The number of para-hydroxylation sites is 1. The van der Waals surface area contributed by atoms with Crippen LogP contribution in [0.1, 0.15) is 18.4 Å². The van der Waals surface area contributed by atoms with Crippen molar-refractivity contribution in [2.75, 3.05) is 18.0 Å². The summed E-state index contributed by atoms with van der Waals surface area (Å²) in [6.07, 6.45) is 1.86. The van der Waals surface area contributed by atoms with E-state index in [0.717, 1.165) is 30.6 Å². The van der Waals surface area contributed by atoms with Gasteiger partial charge in [-0.2, -0.15) is 4.98 Å². The minimum Gasteiger partial charge on any atom is -0.410 e. The van der Waals surface area contributed by atoms with Crippen LogP contribution in [0.4, 0.5) is 11.4 Å². The number of imidazole rings is 1. The predicted molar refractivity (Wildman–Crippen MR) is 113 cm³/mol. The lowest BCUT2D eigenvalue weighted by molar-refractivity contribution is -0.120. The van der Waals surface area contributed by atoms with Gasteiger partial charge in [-0.3, -0.25) is 13.9 Å². The van der Waals surface area contributed by atoms with Crippen LogP contribution in [0.25, 0.3) is 16.0 Å². The second-order valence-electron chi connectivity index (χ2n) is 7.38. The van der Waals surface area contributed by atoms with E-state index in [0.29, 0.717) is 29.9 Å². The number of nitrogens with zero attached hydrogens (tertiary/aromatic N) is 5. The Labute approximate surface area is 173 Å². The molecule has 30 heavy (non-hydrogen) atoms. The van der Waals surface area contributed by atoms with Crippen LogP contribution in [0.5, 0.6) is 5.88 Å². The summed E-state index contributed by atoms with van der Waals surface area (Å²) in [6.45, 7) is 9.37. The van der Waals surface area contributed by atoms with Gasteiger partial charge in [0.1, 0.15) is 5.52 Å². The van der Waals surface area contributed by atoms with E-state index in [1.807, 2.05) is 12.1 Å². The van der Waals surface area contributed by atoms with E-state index >= 15 is 0 Å². The standard InChI is InChI=1S/C21H22N6O3/c1-23-16-8-4-3-6-14(16)11-27-19-17(26-9-5-7-15(22)12-26)10-18(30-13-28)24-20(19)25(2)21(27)29/h3-4,6,8,10,13,15H,5,7,9,11-12,22H2,2H3/t15-/m1/s1. The summed E-state index contributed by atoms with van der Waals surface area (Å²) < 4.78 is 8.07. The molecule has 0 unspecified atom stereocenters. The van der Waals surface area contributed by atoms with E-state index in [2.05, 4.69) is 14.7 Å². The van der Waals surface area contributed by atoms with Gasteiger partial charge < -0.3 is 15.4 Å². The van der Waals surface area contributed by atoms with Crippen molar-refractivity contribution in [2.24, 2.45) is 12.8 Å². The fraction of sp³-hybridized carbons (Fsp3) is 0.333. The summed E-state index contributed by atoms with van der Waals surface area (Å²) in [5, 5.41) is 0. The van der Waals surface area contributed by atoms with E-state index < -0.39 is 0 Å². The van der Waals surface area contributed by atoms with Crippen LogP contribution in [-0.2, 0) is 18.4 Å². The van der Waals surface area contributed by atoms with Gasteiger partial charge in [0.15, 0.2) is 11.3 Å². The first-order valence-corrected chi connectivity index (χ1v) is 9.70. The number of hydrogen-bond donors (Lipinski definition) is 1. The number of anilines is 1. The third kappa shape index (κ3) is 3.42. The first-order chi connectivity index (χ1) is 14.5. The van der Waals surface area contributed by atoms with Crippen LogP contribution in [0.2, 0.25) is 0 Å². The molecule has 0 saturated carbocycles. The Balaban J connectivity index is 1.94. The number of carbonyl (C=O) groups is 1. The third-order valence-corrected chi connectivity index (χ3v) is 5.44. The van der Waals surface area contributed by atoms with E-state index in [4.69, 9.17) is 17.0 Å². The highest BCUT2D eigenvalue weighted by molar-refractivity contribution is 5.88. The largest absolute Gasteiger partial charge is 0.410 e. The molecule has 0 spiro atoms. The molecule has 2 aromatic heterocycles. The first-order valence-electron chi connectivity index (χ1n) is 9.70. The number of ether oxygens (including phenoxy) is 1. The highest BCUT2D eigenvalue weighted by Gasteiger charge is 2.25. The Morgan fingerprint density at radius 1 is 1.40 bits per heavy atom. The molecule has 9 heteroatoms. The molecule has 1 fully saturated rings. The average Bonchev–Trinajstić information content (AvgIpc) is 2.99. The van der Waals surface area contributed by atoms with Crippen LogP contribution >= 0.6 is 0 Å². The molecule has 1 aliphatic rings. The zero-order chi connectivity index (χ0) is 21.3. The molecule has 1 aliphatic heterocycles. The van der Waals surface area contributed by atoms with E-state index in [9.17, 15) is 9.59 Å². The van der Waals surface area contributed by atoms with Gasteiger partial charge in [-0.05, 0) is 18.4 Å². The van der Waals surface area contributed by atoms with Crippen molar-refractivity contribution in [1.29, 1.82) is 0 Å². The Kier molecular flexibility index (Phi) is 5.25. The molecule has 3 aromatic rings. The number of aryl methyl sites for hydroxylation is 1. The number of aromatic nitrogens is 3. The summed E-state index contributed by atoms with van der Waals surface area (Å²) >= 11 is 0. The molecule has 0 amide bonds. The molecular weight excluding hydrogens is 384 g/mol. The van der Waals surface area contributed by atoms with Gasteiger partial charge >= 0.3 is 5.69 Å². The fourth-order valence-corrected chi connectivity index (χ4v) is 4.00. The lowest BCUT2D eigenvalue weighted by Gasteiger charge is -2.33. The van der Waals surface area contributed by atoms with Gasteiger partial charge in [0, 0.05) is 38.8 Å². The molecule has 1 aromatic carbocycles. The quantitative estimate of drug-likeness (QED) is 0.512. The van der Waals surface area contributed by atoms with Crippen molar-refractivity contribution in [3.63, 3.8) is 0 Å². The number of rotatable bonds is 5. The minimum absolute atomic E-state index is 0.0177. The zero-order valence-corrected chi connectivity index (χ0v) is 16.6. The fourth-order valence-electron chi connectivity index (χ4n) is 4.00. The lowest BCUT2D eigenvalue weighted by atomic mass is 10.1. The number of benzene rings is 1. The Morgan fingerprint density at radius 3 is 2.93 bits per heavy atom. The molecule has 1 atom stereocenters.